The molecule has 2 heterocycles. The van der Waals surface area contributed by atoms with Gasteiger partial charge in [-0.2, -0.15) is 4.99 Å². The molecule has 0 saturated carbocycles. The Bertz CT molecular complexity index is 939. The highest BCUT2D eigenvalue weighted by Gasteiger charge is 2.14. The standard InChI is InChI=1S/C14H9Cl3N2OS2/c1-2-19-11-7(15)3-4-8(16)12(11)22-14(19)18-13(20)9-5-6-10(17)21-9/h3-6H,2H2,1H3. The summed E-state index contributed by atoms with van der Waals surface area (Å²) in [4.78, 5) is 17.5. The van der Waals surface area contributed by atoms with Gasteiger partial charge in [-0.25, -0.2) is 0 Å². The molecule has 1 amide bonds. The number of halogens is 3. The van der Waals surface area contributed by atoms with E-state index in [2.05, 4.69) is 4.99 Å². The van der Waals surface area contributed by atoms with Crippen LogP contribution >= 0.6 is 57.5 Å². The van der Waals surface area contributed by atoms with E-state index < -0.39 is 0 Å². The van der Waals surface area contributed by atoms with Crippen LogP contribution in [0.2, 0.25) is 14.4 Å². The van der Waals surface area contributed by atoms with E-state index in [-0.39, 0.29) is 5.91 Å². The number of hydrogen-bond acceptors (Lipinski definition) is 3. The maximum Gasteiger partial charge on any atom is 0.289 e. The van der Waals surface area contributed by atoms with Crippen LogP contribution in [0.5, 0.6) is 0 Å². The number of fused-ring (bicyclic) bond motifs is 1. The molecular weight excluding hydrogens is 383 g/mol. The topological polar surface area (TPSA) is 34.4 Å². The van der Waals surface area contributed by atoms with Gasteiger partial charge in [0, 0.05) is 6.54 Å². The summed E-state index contributed by atoms with van der Waals surface area (Å²) in [7, 11) is 0. The van der Waals surface area contributed by atoms with Crippen molar-refractivity contribution < 1.29 is 4.79 Å². The third-order valence-electron chi connectivity index (χ3n) is 3.03. The Kier molecular flexibility index (Phi) is 4.61. The maximum absolute atomic E-state index is 12.3. The largest absolute Gasteiger partial charge is 0.315 e. The van der Waals surface area contributed by atoms with E-state index in [1.54, 1.807) is 24.3 Å². The molecule has 0 aliphatic rings. The van der Waals surface area contributed by atoms with Gasteiger partial charge in [0.05, 0.1) is 29.5 Å². The Labute approximate surface area is 149 Å². The average molecular weight is 392 g/mol. The molecule has 0 radical (unpaired) electrons. The molecule has 0 fully saturated rings. The average Bonchev–Trinajstić information content (AvgIpc) is 3.07. The van der Waals surface area contributed by atoms with Crippen LogP contribution in [-0.2, 0) is 6.54 Å². The van der Waals surface area contributed by atoms with Crippen molar-refractivity contribution in [1.82, 2.24) is 4.57 Å². The van der Waals surface area contributed by atoms with E-state index >= 15 is 0 Å². The number of carbonyl (C=O) groups is 1. The number of thiazole rings is 1. The summed E-state index contributed by atoms with van der Waals surface area (Å²) < 4.78 is 3.28. The third-order valence-corrected chi connectivity index (χ3v) is 6.09. The van der Waals surface area contributed by atoms with E-state index in [1.165, 1.54) is 22.7 Å². The van der Waals surface area contributed by atoms with Crippen LogP contribution in [0, 0.1) is 0 Å². The zero-order chi connectivity index (χ0) is 15.9. The number of amides is 1. The molecule has 22 heavy (non-hydrogen) atoms. The number of nitrogens with zero attached hydrogens (tertiary/aromatic N) is 2. The van der Waals surface area contributed by atoms with Crippen LogP contribution in [0.3, 0.4) is 0 Å². The molecule has 0 aliphatic heterocycles. The summed E-state index contributed by atoms with van der Waals surface area (Å²) in [5.41, 5.74) is 0.803. The van der Waals surface area contributed by atoms with Crippen molar-refractivity contribution in [2.75, 3.05) is 0 Å². The third kappa shape index (κ3) is 2.84. The van der Waals surface area contributed by atoms with E-state index in [9.17, 15) is 4.79 Å². The summed E-state index contributed by atoms with van der Waals surface area (Å²) in [6.45, 7) is 2.60. The molecule has 114 valence electrons. The van der Waals surface area contributed by atoms with Crippen LogP contribution in [0.1, 0.15) is 16.6 Å². The van der Waals surface area contributed by atoms with Gasteiger partial charge in [0.2, 0.25) is 0 Å². The van der Waals surface area contributed by atoms with Crippen LogP contribution in [0.25, 0.3) is 10.2 Å². The van der Waals surface area contributed by atoms with Crippen molar-refractivity contribution in [3.63, 3.8) is 0 Å². The van der Waals surface area contributed by atoms with E-state index in [0.29, 0.717) is 30.6 Å². The first-order chi connectivity index (χ1) is 10.5. The molecule has 2 aromatic heterocycles. The smallest absolute Gasteiger partial charge is 0.289 e. The quantitative estimate of drug-likeness (QED) is 0.569. The van der Waals surface area contributed by atoms with Crippen molar-refractivity contribution >= 4 is 73.6 Å². The SMILES string of the molecule is CCn1c(=NC(=O)c2ccc(Cl)s2)sc2c(Cl)ccc(Cl)c21. The first kappa shape index (κ1) is 16.0. The van der Waals surface area contributed by atoms with Crippen molar-refractivity contribution in [2.24, 2.45) is 4.99 Å². The zero-order valence-corrected chi connectivity index (χ0v) is 15.2. The summed E-state index contributed by atoms with van der Waals surface area (Å²) in [5, 5.41) is 1.19. The zero-order valence-electron chi connectivity index (χ0n) is 11.3. The fourth-order valence-corrected chi connectivity index (χ4v) is 4.70. The number of thiophene rings is 1. The molecule has 1 aromatic carbocycles. The molecule has 0 spiro atoms. The second kappa shape index (κ2) is 6.34. The Hall–Kier alpha value is -0.850. The van der Waals surface area contributed by atoms with E-state index in [1.807, 2.05) is 11.5 Å². The summed E-state index contributed by atoms with van der Waals surface area (Å²) in [6, 6.07) is 6.84. The van der Waals surface area contributed by atoms with E-state index in [0.717, 1.165) is 10.2 Å². The first-order valence-electron chi connectivity index (χ1n) is 6.33. The van der Waals surface area contributed by atoms with Crippen molar-refractivity contribution in [3.05, 3.63) is 48.3 Å². The minimum Gasteiger partial charge on any atom is -0.315 e. The highest BCUT2D eigenvalue weighted by atomic mass is 35.5. The molecule has 0 N–H and O–H groups in total. The van der Waals surface area contributed by atoms with Gasteiger partial charge in [0.25, 0.3) is 5.91 Å². The molecule has 0 saturated heterocycles. The van der Waals surface area contributed by atoms with Gasteiger partial charge >= 0.3 is 0 Å². The van der Waals surface area contributed by atoms with Crippen molar-refractivity contribution in [3.8, 4) is 0 Å². The molecule has 0 atom stereocenters. The fraction of sp³-hybridized carbons (Fsp3) is 0.143. The molecule has 8 heteroatoms. The Balaban J connectivity index is 2.22. The summed E-state index contributed by atoms with van der Waals surface area (Å²) in [6.07, 6.45) is 0. The number of carbonyl (C=O) groups excluding carboxylic acids is 1. The van der Waals surface area contributed by atoms with Gasteiger partial charge in [-0.15, -0.1) is 11.3 Å². The first-order valence-corrected chi connectivity index (χ1v) is 9.09. The molecule has 0 bridgehead atoms. The highest BCUT2D eigenvalue weighted by Crippen LogP contribution is 2.32. The minimum absolute atomic E-state index is 0.321. The van der Waals surface area contributed by atoms with Crippen LogP contribution in [0.15, 0.2) is 29.3 Å². The molecule has 3 nitrogen and oxygen atoms in total. The van der Waals surface area contributed by atoms with Gasteiger partial charge in [-0.1, -0.05) is 46.1 Å². The Morgan fingerprint density at radius 2 is 1.86 bits per heavy atom. The van der Waals surface area contributed by atoms with E-state index in [4.69, 9.17) is 34.8 Å². The second-order valence-electron chi connectivity index (χ2n) is 4.36. The predicted octanol–water partition coefficient (Wildman–Crippen LogP) is 5.49. The Morgan fingerprint density at radius 1 is 1.14 bits per heavy atom. The minimum atomic E-state index is -0.321. The summed E-state index contributed by atoms with van der Waals surface area (Å²) in [5.74, 6) is -0.321. The van der Waals surface area contributed by atoms with Crippen LogP contribution in [-0.4, -0.2) is 10.5 Å². The summed E-state index contributed by atoms with van der Waals surface area (Å²) >= 11 is 20.9. The molecule has 3 rings (SSSR count). The number of rotatable bonds is 2. The molecule has 3 aromatic rings. The van der Waals surface area contributed by atoms with Crippen LogP contribution < -0.4 is 4.80 Å². The number of aromatic nitrogens is 1. The lowest BCUT2D eigenvalue weighted by Crippen LogP contribution is -2.15. The normalized spacial score (nSPS) is 12.3. The van der Waals surface area contributed by atoms with Crippen molar-refractivity contribution in [2.45, 2.75) is 13.5 Å². The molecule has 0 unspecified atom stereocenters. The van der Waals surface area contributed by atoms with Gasteiger partial charge in [0.15, 0.2) is 4.80 Å². The lowest BCUT2D eigenvalue weighted by atomic mass is 10.3. The highest BCUT2D eigenvalue weighted by molar-refractivity contribution is 7.18. The number of benzene rings is 1. The number of hydrogen-bond donors (Lipinski definition) is 0. The predicted molar refractivity (Wildman–Crippen MR) is 94.7 cm³/mol. The lowest BCUT2D eigenvalue weighted by Gasteiger charge is -2.02. The maximum atomic E-state index is 12.3. The molecular formula is C14H9Cl3N2OS2. The van der Waals surface area contributed by atoms with Gasteiger partial charge < -0.3 is 4.57 Å². The lowest BCUT2D eigenvalue weighted by molar-refractivity contribution is 0.100. The Morgan fingerprint density at radius 3 is 2.50 bits per heavy atom. The fourth-order valence-electron chi connectivity index (χ4n) is 2.06. The van der Waals surface area contributed by atoms with Gasteiger partial charge in [0.1, 0.15) is 0 Å². The number of aryl methyl sites for hydroxylation is 1. The van der Waals surface area contributed by atoms with Crippen LogP contribution in [0.4, 0.5) is 0 Å². The molecule has 0 aliphatic carbocycles. The van der Waals surface area contributed by atoms with Crippen molar-refractivity contribution in [1.29, 1.82) is 0 Å². The monoisotopic (exact) mass is 390 g/mol. The van der Waals surface area contributed by atoms with Gasteiger partial charge in [-0.05, 0) is 31.2 Å². The second-order valence-corrected chi connectivity index (χ2v) is 7.86. The van der Waals surface area contributed by atoms with Gasteiger partial charge in [-0.3, -0.25) is 4.79 Å².